The SMILES string of the molecule is Cc1csc(Nc2nccnc2C2CCCN(CCO)C2)n1.O=CO. The quantitative estimate of drug-likeness (QED) is 0.689. The molecule has 1 saturated heterocycles. The maximum Gasteiger partial charge on any atom is 0.290 e. The van der Waals surface area contributed by atoms with Crippen LogP contribution in [-0.4, -0.2) is 62.8 Å². The van der Waals surface area contributed by atoms with Gasteiger partial charge in [-0.05, 0) is 26.3 Å². The molecule has 1 unspecified atom stereocenters. The second kappa shape index (κ2) is 10.0. The van der Waals surface area contributed by atoms with Gasteiger partial charge in [-0.3, -0.25) is 9.78 Å². The average Bonchev–Trinajstić information content (AvgIpc) is 3.02. The number of anilines is 2. The zero-order chi connectivity index (χ0) is 18.1. The van der Waals surface area contributed by atoms with Crippen molar-refractivity contribution in [2.75, 3.05) is 31.6 Å². The number of aromatic nitrogens is 3. The number of thiazole rings is 1. The van der Waals surface area contributed by atoms with Crippen LogP contribution >= 0.6 is 11.3 Å². The van der Waals surface area contributed by atoms with Gasteiger partial charge in [0.25, 0.3) is 6.47 Å². The molecule has 0 amide bonds. The Bertz CT molecular complexity index is 665. The zero-order valence-corrected chi connectivity index (χ0v) is 14.9. The van der Waals surface area contributed by atoms with Gasteiger partial charge in [0.2, 0.25) is 0 Å². The standard InChI is InChI=1S/C15H21N5OS.CH2O2/c1-11-10-22-15(18-11)19-14-13(16-4-5-17-14)12-3-2-6-20(9-12)7-8-21;2-1-3/h4-5,10,12,21H,2-3,6-9H2,1H3,(H,17,18,19);1H,(H,2,3). The number of piperidine rings is 1. The van der Waals surface area contributed by atoms with E-state index in [1.54, 1.807) is 23.7 Å². The lowest BCUT2D eigenvalue weighted by Gasteiger charge is -2.32. The molecule has 0 spiro atoms. The van der Waals surface area contributed by atoms with Gasteiger partial charge in [0.15, 0.2) is 10.9 Å². The van der Waals surface area contributed by atoms with Crippen molar-refractivity contribution in [3.8, 4) is 0 Å². The van der Waals surface area contributed by atoms with E-state index in [9.17, 15) is 0 Å². The number of hydrogen-bond acceptors (Lipinski definition) is 8. The summed E-state index contributed by atoms with van der Waals surface area (Å²) >= 11 is 1.57. The fourth-order valence-corrected chi connectivity index (χ4v) is 3.57. The molecule has 136 valence electrons. The van der Waals surface area contributed by atoms with Crippen LogP contribution in [0.25, 0.3) is 0 Å². The van der Waals surface area contributed by atoms with E-state index in [-0.39, 0.29) is 13.1 Å². The highest BCUT2D eigenvalue weighted by molar-refractivity contribution is 7.13. The van der Waals surface area contributed by atoms with Gasteiger partial charge in [-0.2, -0.15) is 0 Å². The number of aliphatic hydroxyl groups is 1. The maximum absolute atomic E-state index is 9.14. The van der Waals surface area contributed by atoms with Crippen LogP contribution < -0.4 is 5.32 Å². The summed E-state index contributed by atoms with van der Waals surface area (Å²) in [5.41, 5.74) is 2.00. The molecular weight excluding hydrogens is 342 g/mol. The van der Waals surface area contributed by atoms with Crippen molar-refractivity contribution in [2.45, 2.75) is 25.7 Å². The topological polar surface area (TPSA) is 111 Å². The van der Waals surface area contributed by atoms with E-state index in [4.69, 9.17) is 15.0 Å². The molecule has 9 heteroatoms. The second-order valence-electron chi connectivity index (χ2n) is 5.68. The van der Waals surface area contributed by atoms with Crippen molar-refractivity contribution < 1.29 is 15.0 Å². The van der Waals surface area contributed by atoms with Crippen LogP contribution in [0.15, 0.2) is 17.8 Å². The fourth-order valence-electron chi connectivity index (χ4n) is 2.88. The molecule has 3 rings (SSSR count). The monoisotopic (exact) mass is 365 g/mol. The number of nitrogens with one attached hydrogen (secondary N) is 1. The fraction of sp³-hybridized carbons (Fsp3) is 0.500. The molecule has 0 aromatic carbocycles. The minimum Gasteiger partial charge on any atom is -0.483 e. The number of aryl methyl sites for hydroxylation is 1. The summed E-state index contributed by atoms with van der Waals surface area (Å²) in [6, 6.07) is 0. The molecule has 1 aliphatic rings. The summed E-state index contributed by atoms with van der Waals surface area (Å²) in [6.45, 7) is 4.63. The first-order chi connectivity index (χ1) is 12.2. The van der Waals surface area contributed by atoms with Crippen LogP contribution in [0.2, 0.25) is 0 Å². The van der Waals surface area contributed by atoms with Gasteiger partial charge >= 0.3 is 0 Å². The van der Waals surface area contributed by atoms with E-state index >= 15 is 0 Å². The number of aliphatic hydroxyl groups excluding tert-OH is 1. The Hall–Kier alpha value is -2.10. The van der Waals surface area contributed by atoms with Gasteiger partial charge in [-0.25, -0.2) is 9.97 Å². The van der Waals surface area contributed by atoms with Crippen LogP contribution in [0.1, 0.15) is 30.1 Å². The number of carboxylic acid groups (broad SMARTS) is 1. The van der Waals surface area contributed by atoms with E-state index in [0.717, 1.165) is 54.8 Å². The Kier molecular flexibility index (Phi) is 7.71. The minimum absolute atomic E-state index is 0.205. The lowest BCUT2D eigenvalue weighted by Crippen LogP contribution is -2.36. The maximum atomic E-state index is 9.14. The summed E-state index contributed by atoms with van der Waals surface area (Å²) in [5.74, 6) is 1.14. The van der Waals surface area contributed by atoms with Crippen molar-refractivity contribution in [3.05, 3.63) is 29.2 Å². The molecule has 2 aromatic rings. The molecular formula is C16H23N5O3S. The lowest BCUT2D eigenvalue weighted by atomic mass is 9.94. The predicted octanol–water partition coefficient (Wildman–Crippen LogP) is 1.86. The molecule has 0 bridgehead atoms. The van der Waals surface area contributed by atoms with Gasteiger partial charge in [-0.1, -0.05) is 0 Å². The van der Waals surface area contributed by atoms with Crippen molar-refractivity contribution in [1.29, 1.82) is 0 Å². The third kappa shape index (κ3) is 5.73. The predicted molar refractivity (Wildman–Crippen MR) is 96.4 cm³/mol. The first-order valence-corrected chi connectivity index (χ1v) is 8.97. The van der Waals surface area contributed by atoms with Crippen LogP contribution in [0.5, 0.6) is 0 Å². The van der Waals surface area contributed by atoms with E-state index in [2.05, 4.69) is 25.2 Å². The minimum atomic E-state index is -0.250. The van der Waals surface area contributed by atoms with Crippen molar-refractivity contribution in [1.82, 2.24) is 19.9 Å². The molecule has 0 aliphatic carbocycles. The molecule has 0 radical (unpaired) electrons. The Morgan fingerprint density at radius 3 is 2.88 bits per heavy atom. The van der Waals surface area contributed by atoms with Gasteiger partial charge in [0.05, 0.1) is 18.0 Å². The Morgan fingerprint density at radius 1 is 1.44 bits per heavy atom. The van der Waals surface area contributed by atoms with E-state index in [1.165, 1.54) is 0 Å². The normalized spacial score (nSPS) is 17.4. The van der Waals surface area contributed by atoms with Gasteiger partial charge < -0.3 is 20.4 Å². The van der Waals surface area contributed by atoms with Crippen LogP contribution in [0.4, 0.5) is 10.9 Å². The highest BCUT2D eigenvalue weighted by atomic mass is 32.1. The summed E-state index contributed by atoms with van der Waals surface area (Å²) in [4.78, 5) is 24.1. The Balaban J connectivity index is 0.000000701. The number of nitrogens with zero attached hydrogens (tertiary/aromatic N) is 4. The Morgan fingerprint density at radius 2 is 2.20 bits per heavy atom. The zero-order valence-electron chi connectivity index (χ0n) is 14.1. The molecule has 1 atom stereocenters. The van der Waals surface area contributed by atoms with Crippen molar-refractivity contribution in [2.24, 2.45) is 0 Å². The highest BCUT2D eigenvalue weighted by Gasteiger charge is 2.25. The van der Waals surface area contributed by atoms with Crippen LogP contribution in [-0.2, 0) is 4.79 Å². The van der Waals surface area contributed by atoms with E-state index < -0.39 is 0 Å². The van der Waals surface area contributed by atoms with Crippen LogP contribution in [0.3, 0.4) is 0 Å². The molecule has 8 nitrogen and oxygen atoms in total. The van der Waals surface area contributed by atoms with E-state index in [1.807, 2.05) is 12.3 Å². The van der Waals surface area contributed by atoms with E-state index in [0.29, 0.717) is 5.92 Å². The highest BCUT2D eigenvalue weighted by Crippen LogP contribution is 2.31. The number of rotatable bonds is 5. The third-order valence-electron chi connectivity index (χ3n) is 3.88. The Labute approximate surface area is 150 Å². The molecule has 2 aromatic heterocycles. The summed E-state index contributed by atoms with van der Waals surface area (Å²) in [7, 11) is 0. The first-order valence-electron chi connectivity index (χ1n) is 8.09. The summed E-state index contributed by atoms with van der Waals surface area (Å²) in [5, 5.41) is 22.2. The van der Waals surface area contributed by atoms with Gasteiger partial charge in [0, 0.05) is 36.8 Å². The van der Waals surface area contributed by atoms with Crippen molar-refractivity contribution in [3.63, 3.8) is 0 Å². The molecule has 0 saturated carbocycles. The second-order valence-corrected chi connectivity index (χ2v) is 6.54. The van der Waals surface area contributed by atoms with Crippen LogP contribution in [0, 0.1) is 6.92 Å². The number of likely N-dealkylation sites (tertiary alicyclic amines) is 1. The number of carbonyl (C=O) groups is 1. The molecule has 1 fully saturated rings. The lowest BCUT2D eigenvalue weighted by molar-refractivity contribution is -0.122. The average molecular weight is 365 g/mol. The molecule has 3 heterocycles. The molecule has 3 N–H and O–H groups in total. The number of hydrogen-bond donors (Lipinski definition) is 3. The van der Waals surface area contributed by atoms with Gasteiger partial charge in [-0.15, -0.1) is 11.3 Å². The molecule has 25 heavy (non-hydrogen) atoms. The summed E-state index contributed by atoms with van der Waals surface area (Å²) in [6.07, 6.45) is 5.68. The smallest absolute Gasteiger partial charge is 0.290 e. The molecule has 1 aliphatic heterocycles. The van der Waals surface area contributed by atoms with Gasteiger partial charge in [0.1, 0.15) is 0 Å². The van der Waals surface area contributed by atoms with Crippen molar-refractivity contribution >= 4 is 28.8 Å². The first kappa shape index (κ1) is 19.2. The number of β-amino-alcohol motifs (C(OH)–C–C–N with tert-alkyl or cyclic N) is 1. The summed E-state index contributed by atoms with van der Waals surface area (Å²) < 4.78 is 0. The largest absolute Gasteiger partial charge is 0.483 e. The third-order valence-corrected chi connectivity index (χ3v) is 4.75.